The van der Waals surface area contributed by atoms with E-state index in [0.29, 0.717) is 12.1 Å². The monoisotopic (exact) mass is 448 g/mol. The van der Waals surface area contributed by atoms with Crippen LogP contribution in [0.1, 0.15) is 19.4 Å². The van der Waals surface area contributed by atoms with Gasteiger partial charge in [-0.15, -0.1) is 4.47 Å². The first-order valence-corrected chi connectivity index (χ1v) is 10.7. The van der Waals surface area contributed by atoms with E-state index in [0.717, 1.165) is 10.3 Å². The largest absolute Gasteiger partial charge is 1.00 e. The Morgan fingerprint density at radius 2 is 2.06 bits per heavy atom. The molecular formula is C22H21N2NaO5S. The molecule has 4 atom stereocenters. The van der Waals surface area contributed by atoms with E-state index in [1.54, 1.807) is 11.4 Å². The van der Waals surface area contributed by atoms with Crippen LogP contribution in [0.4, 0.5) is 0 Å². The van der Waals surface area contributed by atoms with E-state index in [2.05, 4.69) is 24.3 Å². The molecule has 1 saturated heterocycles. The van der Waals surface area contributed by atoms with Crippen LogP contribution in [0.25, 0.3) is 10.8 Å². The van der Waals surface area contributed by atoms with Crippen molar-refractivity contribution in [3.63, 3.8) is 0 Å². The van der Waals surface area contributed by atoms with E-state index in [1.807, 2.05) is 19.1 Å². The standard InChI is InChI=1S/C22H22N2O5S.Na/c1-11-16(20(22(27)28)24-19(11)18(12(2)25)21(24)26)10-29-23-9-15-14-6-4-3-5-13(14)7-8-17(15)30-23;/h3-8,11-12,18-19,25H,9-10H2,1-2H3,(H,27,28);/q;+1/p-1/t11-,12?,18?,19?;/m0./s1. The fourth-order valence-electron chi connectivity index (χ4n) is 4.87. The first kappa shape index (κ1) is 22.8. The van der Waals surface area contributed by atoms with Crippen molar-refractivity contribution in [2.45, 2.75) is 37.4 Å². The number of aliphatic hydroxyl groups excluding tert-OH is 1. The summed E-state index contributed by atoms with van der Waals surface area (Å²) in [4.78, 5) is 32.5. The van der Waals surface area contributed by atoms with Gasteiger partial charge >= 0.3 is 29.6 Å². The summed E-state index contributed by atoms with van der Waals surface area (Å²) in [6.45, 7) is 4.05. The van der Waals surface area contributed by atoms with Crippen molar-refractivity contribution in [3.8, 4) is 0 Å². The van der Waals surface area contributed by atoms with Gasteiger partial charge in [0.2, 0.25) is 5.91 Å². The number of β-lactam (4-membered cyclic amide) rings is 1. The van der Waals surface area contributed by atoms with Crippen LogP contribution in [0.3, 0.4) is 0 Å². The minimum atomic E-state index is -1.39. The number of carboxylic acid groups (broad SMARTS) is 1. The third-order valence-electron chi connectivity index (χ3n) is 6.36. The molecule has 1 N–H and O–H groups in total. The molecule has 0 radical (unpaired) electrons. The number of hydrogen-bond acceptors (Lipinski definition) is 7. The number of fused-ring (bicyclic) bond motifs is 4. The summed E-state index contributed by atoms with van der Waals surface area (Å²) in [7, 11) is 0. The minimum Gasteiger partial charge on any atom is -0.543 e. The van der Waals surface area contributed by atoms with Gasteiger partial charge in [0.25, 0.3) is 0 Å². The maximum Gasteiger partial charge on any atom is 1.00 e. The second kappa shape index (κ2) is 8.51. The average Bonchev–Trinajstić information content (AvgIpc) is 3.23. The average molecular weight is 448 g/mol. The Labute approximate surface area is 206 Å². The van der Waals surface area contributed by atoms with Gasteiger partial charge in [0, 0.05) is 10.8 Å². The van der Waals surface area contributed by atoms with Crippen LogP contribution in [-0.4, -0.2) is 45.1 Å². The summed E-state index contributed by atoms with van der Waals surface area (Å²) in [5, 5.41) is 24.1. The molecule has 1 fully saturated rings. The zero-order chi connectivity index (χ0) is 21.2. The van der Waals surface area contributed by atoms with Gasteiger partial charge in [-0.25, -0.2) is 0 Å². The van der Waals surface area contributed by atoms with E-state index >= 15 is 0 Å². The van der Waals surface area contributed by atoms with E-state index in [1.165, 1.54) is 27.8 Å². The molecular weight excluding hydrogens is 427 g/mol. The fraction of sp³-hybridized carbons (Fsp3) is 0.364. The van der Waals surface area contributed by atoms with E-state index in [-0.39, 0.29) is 59.7 Å². The first-order chi connectivity index (χ1) is 14.4. The van der Waals surface area contributed by atoms with Crippen molar-refractivity contribution in [1.82, 2.24) is 9.37 Å². The van der Waals surface area contributed by atoms with E-state index in [9.17, 15) is 19.8 Å². The molecule has 0 saturated carbocycles. The first-order valence-electron chi connectivity index (χ1n) is 9.93. The van der Waals surface area contributed by atoms with Crippen LogP contribution < -0.4 is 34.7 Å². The smallest absolute Gasteiger partial charge is 0.543 e. The number of aliphatic carboxylic acids is 1. The summed E-state index contributed by atoms with van der Waals surface area (Å²) in [5.74, 6) is -2.58. The number of rotatable bonds is 5. The Morgan fingerprint density at radius 3 is 2.77 bits per heavy atom. The second-order valence-corrected chi connectivity index (χ2v) is 9.06. The molecule has 156 valence electrons. The zero-order valence-electron chi connectivity index (χ0n) is 17.6. The van der Waals surface area contributed by atoms with E-state index < -0.39 is 18.0 Å². The number of amides is 1. The van der Waals surface area contributed by atoms with Crippen molar-refractivity contribution in [1.29, 1.82) is 0 Å². The Bertz CT molecular complexity index is 1100. The molecule has 2 aromatic rings. The molecule has 3 heterocycles. The summed E-state index contributed by atoms with van der Waals surface area (Å²) in [6, 6.07) is 11.9. The molecule has 2 aromatic carbocycles. The van der Waals surface area contributed by atoms with Crippen LogP contribution >= 0.6 is 11.9 Å². The molecule has 31 heavy (non-hydrogen) atoms. The number of carbonyl (C=O) groups is 2. The van der Waals surface area contributed by atoms with Gasteiger partial charge in [-0.1, -0.05) is 37.3 Å². The number of hydrogen-bond donors (Lipinski definition) is 1. The van der Waals surface area contributed by atoms with Gasteiger partial charge in [-0.2, -0.15) is 0 Å². The summed E-state index contributed by atoms with van der Waals surface area (Å²) in [6.07, 6.45) is -0.832. The van der Waals surface area contributed by atoms with Crippen molar-refractivity contribution >= 4 is 34.6 Å². The SMILES string of the molecule is CC(O)C1C(=O)N2C(C(=O)[O-])=C(CON3Cc4c(ccc5ccccc45)S3)[C@H](C)C12.[Na+]. The Kier molecular flexibility index (Phi) is 6.26. The Hall–Kier alpha value is -1.39. The van der Waals surface area contributed by atoms with Crippen LogP contribution in [0.5, 0.6) is 0 Å². The van der Waals surface area contributed by atoms with Gasteiger partial charge in [0.15, 0.2) is 0 Å². The quantitative estimate of drug-likeness (QED) is 0.337. The maximum atomic E-state index is 12.4. The molecule has 1 amide bonds. The number of aliphatic hydroxyl groups is 1. The molecule has 9 heteroatoms. The number of hydroxylamine groups is 1. The molecule has 0 spiro atoms. The molecule has 5 rings (SSSR count). The van der Waals surface area contributed by atoms with Crippen molar-refractivity contribution in [2.24, 2.45) is 11.8 Å². The molecule has 0 aliphatic carbocycles. The molecule has 3 aliphatic heterocycles. The topological polar surface area (TPSA) is 93.1 Å². The van der Waals surface area contributed by atoms with Crippen molar-refractivity contribution in [3.05, 3.63) is 53.2 Å². The van der Waals surface area contributed by atoms with Gasteiger partial charge in [0.05, 0.1) is 42.9 Å². The van der Waals surface area contributed by atoms with Crippen LogP contribution in [0.2, 0.25) is 0 Å². The summed E-state index contributed by atoms with van der Waals surface area (Å²) in [5.41, 5.74) is 1.60. The maximum absolute atomic E-state index is 12.4. The number of carbonyl (C=O) groups excluding carboxylic acids is 2. The fourth-order valence-corrected chi connectivity index (χ4v) is 5.80. The van der Waals surface area contributed by atoms with Gasteiger partial charge in [-0.3, -0.25) is 9.63 Å². The number of nitrogens with zero attached hydrogens (tertiary/aromatic N) is 2. The zero-order valence-corrected chi connectivity index (χ0v) is 20.4. The summed E-state index contributed by atoms with van der Waals surface area (Å²) < 4.78 is 1.74. The molecule has 0 aromatic heterocycles. The van der Waals surface area contributed by atoms with Crippen molar-refractivity contribution in [2.75, 3.05) is 6.61 Å². The summed E-state index contributed by atoms with van der Waals surface area (Å²) >= 11 is 1.47. The molecule has 7 nitrogen and oxygen atoms in total. The van der Waals surface area contributed by atoms with Crippen molar-refractivity contribution < 1.29 is 54.2 Å². The van der Waals surface area contributed by atoms with Crippen LogP contribution in [0, 0.1) is 11.8 Å². The molecule has 0 bridgehead atoms. The number of carboxylic acids is 1. The Morgan fingerprint density at radius 1 is 1.32 bits per heavy atom. The second-order valence-electron chi connectivity index (χ2n) is 8.03. The third-order valence-corrected chi connectivity index (χ3v) is 7.38. The third kappa shape index (κ3) is 3.54. The minimum absolute atomic E-state index is 0. The van der Waals surface area contributed by atoms with Gasteiger partial charge < -0.3 is 19.9 Å². The molecule has 3 unspecified atom stereocenters. The molecule has 3 aliphatic rings. The predicted octanol–water partition coefficient (Wildman–Crippen LogP) is -1.54. The van der Waals surface area contributed by atoms with Crippen LogP contribution in [-0.2, 0) is 21.0 Å². The van der Waals surface area contributed by atoms with Gasteiger partial charge in [0.1, 0.15) is 0 Å². The normalized spacial score (nSPS) is 25.8. The Balaban J connectivity index is 0.00000231. The number of benzene rings is 2. The van der Waals surface area contributed by atoms with E-state index in [4.69, 9.17) is 4.84 Å². The van der Waals surface area contributed by atoms with Gasteiger partial charge in [-0.05, 0) is 46.8 Å². The van der Waals surface area contributed by atoms with Crippen LogP contribution in [0.15, 0.2) is 52.6 Å². The predicted molar refractivity (Wildman–Crippen MR) is 108 cm³/mol.